The second-order valence-electron chi connectivity index (χ2n) is 3.50. The van der Waals surface area contributed by atoms with E-state index in [4.69, 9.17) is 10.8 Å². The maximum atomic E-state index is 11.4. The number of hydrogen-bond donors (Lipinski definition) is 2. The van der Waals surface area contributed by atoms with Crippen molar-refractivity contribution in [3.8, 4) is 0 Å². The quantitative estimate of drug-likeness (QED) is 0.663. The highest BCUT2D eigenvalue weighted by Gasteiger charge is 2.26. The highest BCUT2D eigenvalue weighted by molar-refractivity contribution is 7.90. The average Bonchev–Trinajstić information content (AvgIpc) is 2.14. The van der Waals surface area contributed by atoms with Crippen molar-refractivity contribution >= 4 is 21.6 Å². The summed E-state index contributed by atoms with van der Waals surface area (Å²) in [7, 11) is -3.19. The lowest BCUT2D eigenvalue weighted by molar-refractivity contribution is 0.0683. The molecule has 0 aromatic carbocycles. The standard InChI is InChI=1S/C8H9N3O4S/c9-6-4-1-2-16(14,15)3-5(4)10-7(11-6)8(12)13/h1-3H2,(H,12,13)(H2,9,10,11). The minimum atomic E-state index is -3.19. The lowest BCUT2D eigenvalue weighted by Gasteiger charge is -2.16. The summed E-state index contributed by atoms with van der Waals surface area (Å²) in [5.41, 5.74) is 6.31. The lowest BCUT2D eigenvalue weighted by Crippen LogP contribution is -2.23. The van der Waals surface area contributed by atoms with Crippen molar-refractivity contribution in [2.45, 2.75) is 12.2 Å². The van der Waals surface area contributed by atoms with E-state index in [9.17, 15) is 13.2 Å². The third kappa shape index (κ3) is 1.83. The second kappa shape index (κ2) is 3.41. The topological polar surface area (TPSA) is 123 Å². The van der Waals surface area contributed by atoms with Crippen LogP contribution < -0.4 is 5.73 Å². The van der Waals surface area contributed by atoms with Gasteiger partial charge >= 0.3 is 5.97 Å². The van der Waals surface area contributed by atoms with Gasteiger partial charge in [-0.2, -0.15) is 0 Å². The van der Waals surface area contributed by atoms with E-state index in [2.05, 4.69) is 9.97 Å². The molecule has 2 rings (SSSR count). The zero-order valence-electron chi connectivity index (χ0n) is 8.17. The summed E-state index contributed by atoms with van der Waals surface area (Å²) in [6.07, 6.45) is 0.239. The highest BCUT2D eigenvalue weighted by Crippen LogP contribution is 2.22. The van der Waals surface area contributed by atoms with Crippen LogP contribution in [0.15, 0.2) is 0 Å². The summed E-state index contributed by atoms with van der Waals surface area (Å²) in [5, 5.41) is 8.71. The van der Waals surface area contributed by atoms with Crippen LogP contribution >= 0.6 is 0 Å². The molecular weight excluding hydrogens is 234 g/mol. The molecule has 2 heterocycles. The molecule has 1 aromatic rings. The predicted octanol–water partition coefficient (Wildman–Crippen LogP) is -0.772. The van der Waals surface area contributed by atoms with Gasteiger partial charge in [-0.3, -0.25) is 0 Å². The first kappa shape index (κ1) is 10.8. The third-order valence-electron chi connectivity index (χ3n) is 2.34. The third-order valence-corrected chi connectivity index (χ3v) is 3.88. The molecule has 1 aliphatic heterocycles. The molecule has 0 atom stereocenters. The summed E-state index contributed by atoms with van der Waals surface area (Å²) in [6, 6.07) is 0. The van der Waals surface area contributed by atoms with Crippen LogP contribution in [0, 0.1) is 0 Å². The first-order valence-electron chi connectivity index (χ1n) is 4.48. The summed E-state index contributed by atoms with van der Waals surface area (Å²) in [4.78, 5) is 18.0. The molecule has 0 saturated heterocycles. The fourth-order valence-electron chi connectivity index (χ4n) is 1.58. The Kier molecular flexibility index (Phi) is 2.30. The van der Waals surface area contributed by atoms with E-state index in [0.717, 1.165) is 0 Å². The lowest BCUT2D eigenvalue weighted by atomic mass is 10.1. The van der Waals surface area contributed by atoms with Crippen LogP contribution in [-0.4, -0.2) is 35.2 Å². The maximum absolute atomic E-state index is 11.4. The first-order chi connectivity index (χ1) is 7.39. The van der Waals surface area contributed by atoms with Gasteiger partial charge in [0.25, 0.3) is 0 Å². The number of fused-ring (bicyclic) bond motifs is 1. The van der Waals surface area contributed by atoms with Crippen LogP contribution in [0.25, 0.3) is 0 Å². The molecule has 0 bridgehead atoms. The van der Waals surface area contributed by atoms with Crippen LogP contribution in [-0.2, 0) is 22.0 Å². The molecule has 0 unspecified atom stereocenters. The molecule has 7 nitrogen and oxygen atoms in total. The molecule has 8 heteroatoms. The molecule has 3 N–H and O–H groups in total. The van der Waals surface area contributed by atoms with Gasteiger partial charge in [0.2, 0.25) is 5.82 Å². The minimum Gasteiger partial charge on any atom is -0.475 e. The van der Waals surface area contributed by atoms with Gasteiger partial charge < -0.3 is 10.8 Å². The van der Waals surface area contributed by atoms with Gasteiger partial charge in [0.05, 0.1) is 17.2 Å². The molecule has 1 aromatic heterocycles. The molecule has 16 heavy (non-hydrogen) atoms. The van der Waals surface area contributed by atoms with Gasteiger partial charge in [0, 0.05) is 5.56 Å². The van der Waals surface area contributed by atoms with Crippen molar-refractivity contribution in [3.63, 3.8) is 0 Å². The average molecular weight is 243 g/mol. The molecular formula is C8H9N3O4S. The van der Waals surface area contributed by atoms with Crippen LogP contribution in [0.2, 0.25) is 0 Å². The van der Waals surface area contributed by atoms with Crippen molar-refractivity contribution in [2.75, 3.05) is 11.5 Å². The smallest absolute Gasteiger partial charge is 0.374 e. The zero-order valence-corrected chi connectivity index (χ0v) is 8.99. The van der Waals surface area contributed by atoms with Gasteiger partial charge in [0.15, 0.2) is 9.84 Å². The van der Waals surface area contributed by atoms with Crippen molar-refractivity contribution in [3.05, 3.63) is 17.1 Å². The van der Waals surface area contributed by atoms with Crippen molar-refractivity contribution in [2.24, 2.45) is 0 Å². The van der Waals surface area contributed by atoms with Gasteiger partial charge in [-0.15, -0.1) is 0 Å². The van der Waals surface area contributed by atoms with Gasteiger partial charge in [-0.05, 0) is 6.42 Å². The monoisotopic (exact) mass is 243 g/mol. The van der Waals surface area contributed by atoms with E-state index >= 15 is 0 Å². The SMILES string of the molecule is Nc1nc(C(=O)O)nc2c1CCS(=O)(=O)C2. The number of nitrogen functional groups attached to an aromatic ring is 1. The fourth-order valence-corrected chi connectivity index (χ4v) is 2.89. The molecule has 0 aliphatic carbocycles. The number of carboxylic acid groups (broad SMARTS) is 1. The number of anilines is 1. The summed E-state index contributed by atoms with van der Waals surface area (Å²) in [6.45, 7) is 0. The van der Waals surface area contributed by atoms with E-state index in [1.54, 1.807) is 0 Å². The number of carboxylic acids is 1. The number of nitrogens with two attached hydrogens (primary N) is 1. The summed E-state index contributed by atoms with van der Waals surface area (Å²) >= 11 is 0. The maximum Gasteiger partial charge on any atom is 0.374 e. The number of sulfone groups is 1. The van der Waals surface area contributed by atoms with E-state index in [1.165, 1.54) is 0 Å². The van der Waals surface area contributed by atoms with Crippen LogP contribution in [0.1, 0.15) is 21.9 Å². The molecule has 86 valence electrons. The van der Waals surface area contributed by atoms with Gasteiger partial charge in [-0.1, -0.05) is 0 Å². The Balaban J connectivity index is 2.58. The van der Waals surface area contributed by atoms with E-state index < -0.39 is 21.6 Å². The molecule has 1 aliphatic rings. The van der Waals surface area contributed by atoms with E-state index in [-0.39, 0.29) is 29.4 Å². The molecule has 0 fully saturated rings. The van der Waals surface area contributed by atoms with Crippen LogP contribution in [0.4, 0.5) is 5.82 Å². The second-order valence-corrected chi connectivity index (χ2v) is 5.69. The van der Waals surface area contributed by atoms with Crippen LogP contribution in [0.3, 0.4) is 0 Å². The van der Waals surface area contributed by atoms with Crippen molar-refractivity contribution < 1.29 is 18.3 Å². The van der Waals surface area contributed by atoms with E-state index in [0.29, 0.717) is 5.56 Å². The van der Waals surface area contributed by atoms with Crippen LogP contribution in [0.5, 0.6) is 0 Å². The summed E-state index contributed by atoms with van der Waals surface area (Å²) < 4.78 is 22.7. The predicted molar refractivity (Wildman–Crippen MR) is 54.6 cm³/mol. The minimum absolute atomic E-state index is 0.0000217. The number of rotatable bonds is 1. The largest absolute Gasteiger partial charge is 0.475 e. The zero-order chi connectivity index (χ0) is 11.9. The fraction of sp³-hybridized carbons (Fsp3) is 0.375. The Morgan fingerprint density at radius 1 is 1.38 bits per heavy atom. The Morgan fingerprint density at radius 2 is 2.06 bits per heavy atom. The molecule has 0 saturated carbocycles. The molecule has 0 spiro atoms. The number of nitrogens with zero attached hydrogens (tertiary/aromatic N) is 2. The van der Waals surface area contributed by atoms with Gasteiger partial charge in [-0.25, -0.2) is 23.2 Å². The number of aromatic carboxylic acids is 1. The number of aromatic nitrogens is 2. The Morgan fingerprint density at radius 3 is 2.69 bits per heavy atom. The Bertz CT molecular complexity index is 567. The highest BCUT2D eigenvalue weighted by atomic mass is 32.2. The normalized spacial score (nSPS) is 17.8. The van der Waals surface area contributed by atoms with Gasteiger partial charge in [0.1, 0.15) is 5.82 Å². The number of hydrogen-bond acceptors (Lipinski definition) is 6. The Labute approximate surface area is 91.2 Å². The Hall–Kier alpha value is -1.70. The van der Waals surface area contributed by atoms with Crippen molar-refractivity contribution in [1.82, 2.24) is 9.97 Å². The van der Waals surface area contributed by atoms with Crippen molar-refractivity contribution in [1.29, 1.82) is 0 Å². The first-order valence-corrected chi connectivity index (χ1v) is 6.30. The molecule has 0 radical (unpaired) electrons. The summed E-state index contributed by atoms with van der Waals surface area (Å²) in [5.74, 6) is -2.00. The number of carbonyl (C=O) groups is 1. The van der Waals surface area contributed by atoms with E-state index in [1.807, 2.05) is 0 Å². The molecule has 0 amide bonds.